The second-order valence-electron chi connectivity index (χ2n) is 5.06. The number of carbonyl (C=O) groups is 1. The van der Waals surface area contributed by atoms with E-state index < -0.39 is 0 Å². The van der Waals surface area contributed by atoms with E-state index in [2.05, 4.69) is 15.5 Å². The molecule has 0 spiro atoms. The Balaban J connectivity index is 1.94. The topological polar surface area (TPSA) is 54.9 Å². The van der Waals surface area contributed by atoms with E-state index in [0.717, 1.165) is 9.71 Å². The van der Waals surface area contributed by atoms with Crippen molar-refractivity contribution in [2.75, 3.05) is 5.32 Å². The first kappa shape index (κ1) is 16.9. The van der Waals surface area contributed by atoms with Gasteiger partial charge in [0.2, 0.25) is 5.13 Å². The molecule has 0 atom stereocenters. The molecule has 0 aliphatic rings. The van der Waals surface area contributed by atoms with E-state index in [4.69, 9.17) is 34.8 Å². The van der Waals surface area contributed by atoms with Crippen LogP contribution < -0.4 is 5.32 Å². The maximum Gasteiger partial charge on any atom is 0.269 e. The molecule has 2 aromatic heterocycles. The second-order valence-corrected chi connectivity index (χ2v) is 8.34. The van der Waals surface area contributed by atoms with Gasteiger partial charge in [-0.05, 0) is 12.1 Å². The highest BCUT2D eigenvalue weighted by Crippen LogP contribution is 2.41. The van der Waals surface area contributed by atoms with Crippen molar-refractivity contribution in [1.82, 2.24) is 10.2 Å². The third-order valence-electron chi connectivity index (χ3n) is 3.01. The van der Waals surface area contributed by atoms with Gasteiger partial charge in [0.1, 0.15) is 9.88 Å². The van der Waals surface area contributed by atoms with Gasteiger partial charge in [-0.2, -0.15) is 0 Å². The zero-order valence-corrected chi connectivity index (χ0v) is 15.9. The average Bonchev–Trinajstić information content (AvgIpc) is 3.03. The van der Waals surface area contributed by atoms with Gasteiger partial charge in [0.25, 0.3) is 5.91 Å². The van der Waals surface area contributed by atoms with Gasteiger partial charge in [-0.3, -0.25) is 10.1 Å². The number of benzene rings is 1. The maximum absolute atomic E-state index is 12.5. The van der Waals surface area contributed by atoms with Crippen LogP contribution in [0.4, 0.5) is 5.13 Å². The number of anilines is 1. The molecule has 2 heterocycles. The molecule has 1 amide bonds. The highest BCUT2D eigenvalue weighted by atomic mass is 35.5. The fraction of sp³-hybridized carbons (Fsp3) is 0.214. The number of hydrogen-bond donors (Lipinski definition) is 1. The average molecular weight is 407 g/mol. The molecular formula is C14H10Cl3N3OS2. The van der Waals surface area contributed by atoms with Crippen molar-refractivity contribution in [3.8, 4) is 0 Å². The minimum absolute atomic E-state index is 0.256. The third kappa shape index (κ3) is 3.32. The van der Waals surface area contributed by atoms with E-state index in [0.29, 0.717) is 30.5 Å². The molecule has 120 valence electrons. The zero-order chi connectivity index (χ0) is 16.7. The van der Waals surface area contributed by atoms with Crippen LogP contribution in [0.3, 0.4) is 0 Å². The lowest BCUT2D eigenvalue weighted by atomic mass is 10.2. The summed E-state index contributed by atoms with van der Waals surface area (Å²) in [5.74, 6) is -0.0816. The Morgan fingerprint density at radius 3 is 2.57 bits per heavy atom. The fourth-order valence-corrected chi connectivity index (χ4v) is 4.94. The number of nitrogens with one attached hydrogen (secondary N) is 1. The number of hydrogen-bond acceptors (Lipinski definition) is 5. The Morgan fingerprint density at radius 1 is 1.17 bits per heavy atom. The monoisotopic (exact) mass is 405 g/mol. The van der Waals surface area contributed by atoms with E-state index in [1.54, 1.807) is 12.1 Å². The number of fused-ring (bicyclic) bond motifs is 1. The van der Waals surface area contributed by atoms with Crippen LogP contribution in [0.5, 0.6) is 0 Å². The van der Waals surface area contributed by atoms with Gasteiger partial charge in [-0.25, -0.2) is 0 Å². The summed E-state index contributed by atoms with van der Waals surface area (Å²) in [7, 11) is 0. The van der Waals surface area contributed by atoms with Crippen LogP contribution in [0.1, 0.15) is 34.4 Å². The summed E-state index contributed by atoms with van der Waals surface area (Å²) in [5, 5.41) is 13.9. The summed E-state index contributed by atoms with van der Waals surface area (Å²) in [6, 6.07) is 3.34. The lowest BCUT2D eigenvalue weighted by Gasteiger charge is -1.99. The predicted octanol–water partition coefficient (Wildman–Crippen LogP) is 6.09. The van der Waals surface area contributed by atoms with Crippen LogP contribution in [0.25, 0.3) is 10.1 Å². The molecule has 3 rings (SSSR count). The van der Waals surface area contributed by atoms with Gasteiger partial charge in [-0.15, -0.1) is 21.5 Å². The van der Waals surface area contributed by atoms with Crippen molar-refractivity contribution in [2.45, 2.75) is 19.8 Å². The highest BCUT2D eigenvalue weighted by Gasteiger charge is 2.21. The Morgan fingerprint density at radius 2 is 1.91 bits per heavy atom. The van der Waals surface area contributed by atoms with Gasteiger partial charge >= 0.3 is 0 Å². The van der Waals surface area contributed by atoms with Crippen molar-refractivity contribution >= 4 is 78.6 Å². The summed E-state index contributed by atoms with van der Waals surface area (Å²) >= 11 is 21.1. The summed E-state index contributed by atoms with van der Waals surface area (Å²) in [6.45, 7) is 4.03. The van der Waals surface area contributed by atoms with Gasteiger partial charge < -0.3 is 0 Å². The first-order valence-corrected chi connectivity index (χ1v) is 9.35. The third-order valence-corrected chi connectivity index (χ3v) is 6.29. The first-order chi connectivity index (χ1) is 10.9. The minimum atomic E-state index is -0.338. The number of aromatic nitrogens is 2. The molecule has 0 aliphatic carbocycles. The smallest absolute Gasteiger partial charge is 0.269 e. The molecule has 3 aromatic rings. The largest absolute Gasteiger partial charge is 0.296 e. The minimum Gasteiger partial charge on any atom is -0.296 e. The van der Waals surface area contributed by atoms with Crippen molar-refractivity contribution < 1.29 is 4.79 Å². The van der Waals surface area contributed by atoms with Crippen LogP contribution in [0.15, 0.2) is 12.1 Å². The lowest BCUT2D eigenvalue weighted by Crippen LogP contribution is -2.10. The molecule has 0 radical (unpaired) electrons. The van der Waals surface area contributed by atoms with Crippen LogP contribution >= 0.6 is 57.5 Å². The molecule has 0 aliphatic heterocycles. The first-order valence-electron chi connectivity index (χ1n) is 6.58. The molecular weight excluding hydrogens is 397 g/mol. The Hall–Kier alpha value is -0.920. The molecule has 0 bridgehead atoms. The van der Waals surface area contributed by atoms with E-state index >= 15 is 0 Å². The van der Waals surface area contributed by atoms with Crippen molar-refractivity contribution in [3.63, 3.8) is 0 Å². The molecule has 4 nitrogen and oxygen atoms in total. The summed E-state index contributed by atoms with van der Waals surface area (Å²) < 4.78 is 0.762. The van der Waals surface area contributed by atoms with Crippen LogP contribution in [-0.2, 0) is 0 Å². The molecule has 0 fully saturated rings. The van der Waals surface area contributed by atoms with Crippen molar-refractivity contribution in [1.29, 1.82) is 0 Å². The van der Waals surface area contributed by atoms with Gasteiger partial charge in [-0.1, -0.05) is 60.0 Å². The van der Waals surface area contributed by atoms with Crippen molar-refractivity contribution in [3.05, 3.63) is 37.1 Å². The SMILES string of the molecule is CC(C)c1nnc(NC(=O)c2sc3cc(Cl)cc(Cl)c3c2Cl)s1. The molecule has 0 saturated heterocycles. The molecule has 0 unspecified atom stereocenters. The van der Waals surface area contributed by atoms with E-state index in [1.165, 1.54) is 22.7 Å². The van der Waals surface area contributed by atoms with Gasteiger partial charge in [0, 0.05) is 21.0 Å². The van der Waals surface area contributed by atoms with Crippen LogP contribution in [0, 0.1) is 0 Å². The van der Waals surface area contributed by atoms with Crippen LogP contribution in [0.2, 0.25) is 15.1 Å². The highest BCUT2D eigenvalue weighted by molar-refractivity contribution is 7.22. The van der Waals surface area contributed by atoms with E-state index in [1.807, 2.05) is 13.8 Å². The molecule has 1 N–H and O–H groups in total. The summed E-state index contributed by atoms with van der Waals surface area (Å²) in [4.78, 5) is 12.8. The molecule has 0 saturated carbocycles. The standard InChI is InChI=1S/C14H10Cl3N3OS2/c1-5(2)13-19-20-14(23-13)18-12(21)11-10(17)9-7(16)3-6(15)4-8(9)22-11/h3-5H,1-2H3,(H,18,20,21). The maximum atomic E-state index is 12.5. The number of amides is 1. The number of nitrogens with zero attached hydrogens (tertiary/aromatic N) is 2. The number of halogens is 3. The molecule has 23 heavy (non-hydrogen) atoms. The number of thiophene rings is 1. The Labute approximate surface area is 155 Å². The van der Waals surface area contributed by atoms with E-state index in [-0.39, 0.29) is 11.8 Å². The molecule has 1 aromatic carbocycles. The summed E-state index contributed by atoms with van der Waals surface area (Å²) in [6.07, 6.45) is 0. The van der Waals surface area contributed by atoms with Gasteiger partial charge in [0.05, 0.1) is 10.0 Å². The molecule has 9 heteroatoms. The summed E-state index contributed by atoms with van der Waals surface area (Å²) in [5.41, 5.74) is 0. The zero-order valence-electron chi connectivity index (χ0n) is 12.0. The Bertz CT molecular complexity index is 904. The second kappa shape index (κ2) is 6.53. The van der Waals surface area contributed by atoms with E-state index in [9.17, 15) is 4.79 Å². The quantitative estimate of drug-likeness (QED) is 0.572. The van der Waals surface area contributed by atoms with Crippen LogP contribution in [-0.4, -0.2) is 16.1 Å². The number of rotatable bonds is 3. The number of carbonyl (C=O) groups excluding carboxylic acids is 1. The lowest BCUT2D eigenvalue weighted by molar-refractivity contribution is 0.103. The Kier molecular flexibility index (Phi) is 4.80. The fourth-order valence-electron chi connectivity index (χ4n) is 1.93. The van der Waals surface area contributed by atoms with Crippen molar-refractivity contribution in [2.24, 2.45) is 0 Å². The predicted molar refractivity (Wildman–Crippen MR) is 98.8 cm³/mol. The van der Waals surface area contributed by atoms with Gasteiger partial charge in [0.15, 0.2) is 0 Å². The normalized spacial score (nSPS) is 11.4.